The molecule has 12 heteroatoms. The Kier molecular flexibility index (Phi) is 10.3. The predicted octanol–water partition coefficient (Wildman–Crippen LogP) is 4.74. The quantitative estimate of drug-likeness (QED) is 0.184. The van der Waals surface area contributed by atoms with E-state index in [0.717, 1.165) is 75.5 Å². The van der Waals surface area contributed by atoms with E-state index in [2.05, 4.69) is 66.9 Å². The molecule has 2 aromatic carbocycles. The van der Waals surface area contributed by atoms with Crippen LogP contribution in [-0.4, -0.2) is 84.4 Å². The Morgan fingerprint density at radius 2 is 1.62 bits per heavy atom. The number of benzene rings is 2. The highest BCUT2D eigenvalue weighted by Gasteiger charge is 2.41. The number of fused-ring (bicyclic) bond motifs is 1. The third-order valence-corrected chi connectivity index (χ3v) is 10.8. The summed E-state index contributed by atoms with van der Waals surface area (Å²) in [5.41, 5.74) is 10.4. The van der Waals surface area contributed by atoms with Gasteiger partial charge in [-0.2, -0.15) is 0 Å². The van der Waals surface area contributed by atoms with E-state index in [0.29, 0.717) is 28.3 Å². The molecule has 4 atom stereocenters. The van der Waals surface area contributed by atoms with E-state index in [4.69, 9.17) is 10.7 Å². The molecular formula is C40H47N9O3. The zero-order valence-electron chi connectivity index (χ0n) is 29.8. The number of aromatic nitrogens is 2. The van der Waals surface area contributed by atoms with Gasteiger partial charge < -0.3 is 36.4 Å². The molecule has 7 rings (SSSR count). The van der Waals surface area contributed by atoms with Crippen molar-refractivity contribution in [3.05, 3.63) is 108 Å². The van der Waals surface area contributed by atoms with Gasteiger partial charge in [0.1, 0.15) is 5.82 Å². The summed E-state index contributed by atoms with van der Waals surface area (Å²) in [4.78, 5) is 54.7. The van der Waals surface area contributed by atoms with Gasteiger partial charge in [-0.1, -0.05) is 12.1 Å². The third kappa shape index (κ3) is 7.86. The smallest absolute Gasteiger partial charge is 0.253 e. The van der Waals surface area contributed by atoms with Crippen LogP contribution in [0.3, 0.4) is 0 Å². The van der Waals surface area contributed by atoms with E-state index in [-0.39, 0.29) is 29.9 Å². The number of hydrogen-bond acceptors (Lipinski definition) is 9. The van der Waals surface area contributed by atoms with E-state index < -0.39 is 5.91 Å². The lowest BCUT2D eigenvalue weighted by Crippen LogP contribution is -2.44. The topological polar surface area (TPSA) is 149 Å². The third-order valence-electron chi connectivity index (χ3n) is 10.8. The fourth-order valence-corrected chi connectivity index (χ4v) is 7.84. The number of nitrogens with zero attached hydrogens (tertiary/aromatic N) is 5. The van der Waals surface area contributed by atoms with Crippen molar-refractivity contribution >= 4 is 40.6 Å². The first kappa shape index (κ1) is 34.9. The molecule has 3 fully saturated rings. The number of likely N-dealkylation sites (N-methyl/N-ethyl adjacent to an activating group) is 1. The van der Waals surface area contributed by atoms with Crippen LogP contribution >= 0.6 is 0 Å². The average molecular weight is 702 g/mol. The number of anilines is 4. The zero-order valence-corrected chi connectivity index (χ0v) is 29.8. The highest BCUT2D eigenvalue weighted by atomic mass is 16.2. The lowest BCUT2D eigenvalue weighted by atomic mass is 9.92. The van der Waals surface area contributed by atoms with Gasteiger partial charge in [-0.05, 0) is 106 Å². The number of carbonyl (C=O) groups excluding carboxylic acids is 3. The molecule has 0 bridgehead atoms. The van der Waals surface area contributed by atoms with Crippen molar-refractivity contribution in [1.82, 2.24) is 25.5 Å². The van der Waals surface area contributed by atoms with E-state index in [1.165, 1.54) is 5.69 Å². The Hall–Kier alpha value is -5.49. The van der Waals surface area contributed by atoms with Gasteiger partial charge in [-0.3, -0.25) is 19.4 Å². The Morgan fingerprint density at radius 1 is 0.865 bits per heavy atom. The van der Waals surface area contributed by atoms with Crippen LogP contribution in [0.5, 0.6) is 0 Å². The minimum atomic E-state index is -0.581. The van der Waals surface area contributed by atoms with Crippen LogP contribution in [0.25, 0.3) is 0 Å². The number of rotatable bonds is 10. The average Bonchev–Trinajstić information content (AvgIpc) is 3.58. The summed E-state index contributed by atoms with van der Waals surface area (Å²) in [5.74, 6) is 0.339. The summed E-state index contributed by atoms with van der Waals surface area (Å²) in [6, 6.07) is 20.8. The summed E-state index contributed by atoms with van der Waals surface area (Å²) >= 11 is 0. The fourth-order valence-electron chi connectivity index (χ4n) is 7.84. The Morgan fingerprint density at radius 3 is 2.33 bits per heavy atom. The van der Waals surface area contributed by atoms with Crippen molar-refractivity contribution in [1.29, 1.82) is 0 Å². The molecule has 3 amide bonds. The van der Waals surface area contributed by atoms with Crippen LogP contribution in [0, 0.1) is 5.92 Å². The maximum atomic E-state index is 13.5. The van der Waals surface area contributed by atoms with Gasteiger partial charge in [0.2, 0.25) is 0 Å². The van der Waals surface area contributed by atoms with Gasteiger partial charge in [0, 0.05) is 80.3 Å². The monoisotopic (exact) mass is 701 g/mol. The standard InChI is InChI=1S/C40H47N9O3/c1-26(27-5-9-33(10-6-27)48-20-18-47(2)19-21-48)44-40(52)30-8-12-37(43-25-30)49-17-3-4-28-22-32(24-36(28)49)46-39(51)29-7-11-34(38(41)50)35(23-29)45-31-13-15-42-16-14-31/h5-16,23,25-26,28,32,36H,3-4,17-22,24H2,1-2H3,(H2,41,50)(H,42,45)(H,44,52)(H,46,51)/t26-,28?,32?,36?/m0/s1. The fraction of sp³-hybridized carbons (Fsp3) is 0.375. The number of nitrogens with one attached hydrogen (secondary N) is 3. The van der Waals surface area contributed by atoms with Crippen LogP contribution in [0.15, 0.2) is 85.3 Å². The SMILES string of the molecule is C[C@H](NC(=O)c1ccc(N2CCCC3CC(NC(=O)c4ccc(C(N)=O)c(Nc5ccncc5)c4)CC32)nc1)c1ccc(N2CCN(C)CC2)cc1. The lowest BCUT2D eigenvalue weighted by Gasteiger charge is -2.38. The Balaban J connectivity index is 0.953. The normalized spacial score (nSPS) is 20.8. The molecule has 2 aliphatic heterocycles. The van der Waals surface area contributed by atoms with Crippen LogP contribution in [0.2, 0.25) is 0 Å². The summed E-state index contributed by atoms with van der Waals surface area (Å²) in [6.45, 7) is 7.03. The molecule has 1 aliphatic carbocycles. The molecule has 270 valence electrons. The first-order valence-corrected chi connectivity index (χ1v) is 18.2. The molecule has 4 aromatic rings. The molecule has 1 saturated carbocycles. The minimum absolute atomic E-state index is 0.00214. The maximum Gasteiger partial charge on any atom is 0.253 e. The molecule has 3 aliphatic rings. The molecule has 0 spiro atoms. The second-order valence-corrected chi connectivity index (χ2v) is 14.3. The largest absolute Gasteiger partial charge is 0.369 e. The Bertz CT molecular complexity index is 1880. The highest BCUT2D eigenvalue weighted by molar-refractivity contribution is 6.02. The van der Waals surface area contributed by atoms with Gasteiger partial charge >= 0.3 is 0 Å². The van der Waals surface area contributed by atoms with Crippen molar-refractivity contribution in [2.24, 2.45) is 11.7 Å². The number of pyridine rings is 2. The summed E-state index contributed by atoms with van der Waals surface area (Å²) in [6.07, 6.45) is 8.76. The number of nitrogens with two attached hydrogens (primary N) is 1. The number of piperazine rings is 1. The number of piperidine rings is 1. The lowest BCUT2D eigenvalue weighted by molar-refractivity contribution is 0.0929. The van der Waals surface area contributed by atoms with Gasteiger partial charge in [0.15, 0.2) is 0 Å². The van der Waals surface area contributed by atoms with Gasteiger partial charge in [0.25, 0.3) is 17.7 Å². The molecule has 2 aromatic heterocycles. The maximum absolute atomic E-state index is 13.5. The molecule has 12 nitrogen and oxygen atoms in total. The first-order chi connectivity index (χ1) is 25.2. The van der Waals surface area contributed by atoms with Crippen molar-refractivity contribution in [2.75, 3.05) is 54.9 Å². The van der Waals surface area contributed by atoms with Crippen molar-refractivity contribution in [2.45, 2.75) is 50.7 Å². The summed E-state index contributed by atoms with van der Waals surface area (Å²) in [7, 11) is 2.16. The van der Waals surface area contributed by atoms with Crippen LogP contribution in [0.4, 0.5) is 22.9 Å². The molecule has 5 N–H and O–H groups in total. The molecule has 0 radical (unpaired) electrons. The van der Waals surface area contributed by atoms with E-state index in [1.54, 1.807) is 48.9 Å². The second kappa shape index (κ2) is 15.4. The van der Waals surface area contributed by atoms with Crippen molar-refractivity contribution < 1.29 is 14.4 Å². The van der Waals surface area contributed by atoms with E-state index in [1.807, 2.05) is 19.1 Å². The summed E-state index contributed by atoms with van der Waals surface area (Å²) < 4.78 is 0. The number of primary amides is 1. The van der Waals surface area contributed by atoms with Gasteiger partial charge in [-0.25, -0.2) is 4.98 Å². The Labute approximate surface area is 304 Å². The van der Waals surface area contributed by atoms with Crippen LogP contribution in [-0.2, 0) is 0 Å². The van der Waals surface area contributed by atoms with E-state index >= 15 is 0 Å². The van der Waals surface area contributed by atoms with Crippen LogP contribution < -0.4 is 31.5 Å². The van der Waals surface area contributed by atoms with Crippen molar-refractivity contribution in [3.63, 3.8) is 0 Å². The molecular weight excluding hydrogens is 654 g/mol. The molecule has 2 saturated heterocycles. The number of hydrogen-bond donors (Lipinski definition) is 4. The number of amides is 3. The number of carbonyl (C=O) groups is 3. The minimum Gasteiger partial charge on any atom is -0.369 e. The zero-order chi connectivity index (χ0) is 36.2. The second-order valence-electron chi connectivity index (χ2n) is 14.3. The predicted molar refractivity (Wildman–Crippen MR) is 203 cm³/mol. The molecule has 52 heavy (non-hydrogen) atoms. The first-order valence-electron chi connectivity index (χ1n) is 18.2. The van der Waals surface area contributed by atoms with E-state index in [9.17, 15) is 14.4 Å². The summed E-state index contributed by atoms with van der Waals surface area (Å²) in [5, 5.41) is 9.56. The van der Waals surface area contributed by atoms with Gasteiger partial charge in [0.05, 0.1) is 22.9 Å². The van der Waals surface area contributed by atoms with Gasteiger partial charge in [-0.15, -0.1) is 0 Å². The van der Waals surface area contributed by atoms with Crippen LogP contribution in [0.1, 0.15) is 75.3 Å². The highest BCUT2D eigenvalue weighted by Crippen LogP contribution is 2.39. The molecule has 4 heterocycles. The van der Waals surface area contributed by atoms with Crippen molar-refractivity contribution in [3.8, 4) is 0 Å². The molecule has 3 unspecified atom stereocenters.